The summed E-state index contributed by atoms with van der Waals surface area (Å²) in [5.41, 5.74) is 5.19. The summed E-state index contributed by atoms with van der Waals surface area (Å²) >= 11 is 0. The lowest BCUT2D eigenvalue weighted by Gasteiger charge is -2.37. The van der Waals surface area contributed by atoms with E-state index in [4.69, 9.17) is 15.2 Å². The molecular weight excluding hydrogens is 274 g/mol. The summed E-state index contributed by atoms with van der Waals surface area (Å²) in [6.07, 6.45) is -0.872. The molecule has 0 aromatic heterocycles. The maximum atomic E-state index is 12.3. The van der Waals surface area contributed by atoms with Crippen molar-refractivity contribution in [2.75, 3.05) is 32.8 Å². The minimum absolute atomic E-state index is 0. The van der Waals surface area contributed by atoms with Crippen molar-refractivity contribution in [2.24, 2.45) is 5.73 Å². The maximum absolute atomic E-state index is 12.3. The highest BCUT2D eigenvalue weighted by Crippen LogP contribution is 2.11. The van der Waals surface area contributed by atoms with E-state index in [2.05, 4.69) is 5.32 Å². The number of primary amides is 1. The van der Waals surface area contributed by atoms with E-state index in [0.29, 0.717) is 26.3 Å². The highest BCUT2D eigenvalue weighted by Gasteiger charge is 2.35. The second kappa shape index (κ2) is 7.04. The number of carbonyl (C=O) groups is 2. The van der Waals surface area contributed by atoms with Gasteiger partial charge in [-0.2, -0.15) is 0 Å². The van der Waals surface area contributed by atoms with Crippen LogP contribution in [0.2, 0.25) is 0 Å². The van der Waals surface area contributed by atoms with Gasteiger partial charge in [0.15, 0.2) is 6.10 Å². The molecule has 0 aliphatic carbocycles. The molecule has 0 bridgehead atoms. The van der Waals surface area contributed by atoms with Crippen LogP contribution in [0.25, 0.3) is 0 Å². The fraction of sp³-hybridized carbons (Fsp3) is 0.818. The molecule has 3 N–H and O–H groups in total. The number of rotatable bonds is 2. The van der Waals surface area contributed by atoms with Gasteiger partial charge in [-0.25, -0.2) is 0 Å². The van der Waals surface area contributed by atoms with Crippen molar-refractivity contribution < 1.29 is 19.1 Å². The van der Waals surface area contributed by atoms with Gasteiger partial charge in [0.05, 0.1) is 25.9 Å². The first kappa shape index (κ1) is 16.2. The number of ether oxygens (including phenoxy) is 2. The van der Waals surface area contributed by atoms with E-state index in [1.165, 1.54) is 0 Å². The Hall–Kier alpha value is -0.890. The van der Waals surface area contributed by atoms with Crippen molar-refractivity contribution in [2.45, 2.75) is 25.2 Å². The Morgan fingerprint density at radius 3 is 2.68 bits per heavy atom. The number of carbonyl (C=O) groups excluding carboxylic acids is 2. The smallest absolute Gasteiger partial charge is 0.248 e. The third-order valence-electron chi connectivity index (χ3n) is 3.28. The molecule has 2 aliphatic rings. The summed E-state index contributed by atoms with van der Waals surface area (Å²) in [7, 11) is 0. The van der Waals surface area contributed by atoms with Crippen LogP contribution in [-0.4, -0.2) is 67.8 Å². The Morgan fingerprint density at radius 2 is 2.05 bits per heavy atom. The normalized spacial score (nSPS) is 31.4. The first-order chi connectivity index (χ1) is 8.59. The molecule has 110 valence electrons. The molecule has 0 saturated carbocycles. The Kier molecular flexibility index (Phi) is 5.99. The number of nitrogens with two attached hydrogens (primary N) is 1. The number of nitrogens with zero attached hydrogens (tertiary/aromatic N) is 1. The van der Waals surface area contributed by atoms with Gasteiger partial charge >= 0.3 is 0 Å². The van der Waals surface area contributed by atoms with Crippen molar-refractivity contribution >= 4 is 24.2 Å². The topological polar surface area (TPSA) is 93.9 Å². The quantitative estimate of drug-likeness (QED) is 0.646. The molecule has 2 heterocycles. The van der Waals surface area contributed by atoms with Crippen LogP contribution in [0.15, 0.2) is 0 Å². The van der Waals surface area contributed by atoms with Gasteiger partial charge in [0.1, 0.15) is 6.04 Å². The van der Waals surface area contributed by atoms with Gasteiger partial charge in [0, 0.05) is 13.1 Å². The molecule has 0 aromatic carbocycles. The van der Waals surface area contributed by atoms with Crippen LogP contribution in [0, 0.1) is 0 Å². The number of nitrogens with one attached hydrogen (secondary N) is 1. The zero-order valence-electron chi connectivity index (χ0n) is 10.8. The van der Waals surface area contributed by atoms with E-state index < -0.39 is 12.0 Å². The zero-order chi connectivity index (χ0) is 13.1. The Balaban J connectivity index is 0.00000180. The van der Waals surface area contributed by atoms with Crippen LogP contribution in [-0.2, 0) is 19.1 Å². The first-order valence-electron chi connectivity index (χ1n) is 6.14. The van der Waals surface area contributed by atoms with E-state index in [1.807, 2.05) is 6.92 Å². The van der Waals surface area contributed by atoms with Gasteiger partial charge in [-0.05, 0) is 6.92 Å². The minimum Gasteiger partial charge on any atom is -0.375 e. The molecule has 2 amide bonds. The van der Waals surface area contributed by atoms with E-state index in [0.717, 1.165) is 0 Å². The third kappa shape index (κ3) is 3.79. The molecule has 0 spiro atoms. The molecule has 0 radical (unpaired) electrons. The fourth-order valence-corrected chi connectivity index (χ4v) is 2.23. The minimum atomic E-state index is -0.706. The van der Waals surface area contributed by atoms with Gasteiger partial charge in [0.2, 0.25) is 11.8 Å². The summed E-state index contributed by atoms with van der Waals surface area (Å²) in [6, 6.07) is -0.356. The molecule has 19 heavy (non-hydrogen) atoms. The second-order valence-corrected chi connectivity index (χ2v) is 4.55. The van der Waals surface area contributed by atoms with Gasteiger partial charge < -0.3 is 25.4 Å². The molecule has 2 aliphatic heterocycles. The molecule has 7 nitrogen and oxygen atoms in total. The van der Waals surface area contributed by atoms with Crippen molar-refractivity contribution in [1.29, 1.82) is 0 Å². The van der Waals surface area contributed by atoms with Crippen LogP contribution in [0.1, 0.15) is 6.92 Å². The van der Waals surface area contributed by atoms with Gasteiger partial charge in [0.25, 0.3) is 0 Å². The molecule has 0 aromatic rings. The SMILES string of the molecule is C[C@H]1OCCN[C@@H]1C(=O)N1CCOC(C(N)=O)C1.Cl. The summed E-state index contributed by atoms with van der Waals surface area (Å²) < 4.78 is 10.7. The summed E-state index contributed by atoms with van der Waals surface area (Å²) in [5, 5.41) is 3.14. The molecule has 2 rings (SSSR count). The standard InChI is InChI=1S/C11H19N3O4.ClH/c1-7-9(13-2-4-17-7)11(16)14-3-5-18-8(6-14)10(12)15;/h7-9,13H,2-6H2,1H3,(H2,12,15);1H/t7-,8?,9+;/m1./s1. The van der Waals surface area contributed by atoms with Crippen LogP contribution in [0.4, 0.5) is 0 Å². The maximum Gasteiger partial charge on any atom is 0.248 e. The van der Waals surface area contributed by atoms with E-state index in [-0.39, 0.29) is 37.0 Å². The monoisotopic (exact) mass is 293 g/mol. The van der Waals surface area contributed by atoms with Gasteiger partial charge in [-0.1, -0.05) is 0 Å². The number of halogens is 1. The third-order valence-corrected chi connectivity index (χ3v) is 3.28. The lowest BCUT2D eigenvalue weighted by Crippen LogP contribution is -2.60. The van der Waals surface area contributed by atoms with Gasteiger partial charge in [-0.15, -0.1) is 12.4 Å². The predicted molar refractivity (Wildman–Crippen MR) is 70.0 cm³/mol. The average molecular weight is 294 g/mol. The molecule has 2 fully saturated rings. The lowest BCUT2D eigenvalue weighted by atomic mass is 10.1. The Bertz CT molecular complexity index is 342. The van der Waals surface area contributed by atoms with E-state index in [1.54, 1.807) is 4.90 Å². The highest BCUT2D eigenvalue weighted by molar-refractivity contribution is 5.85. The van der Waals surface area contributed by atoms with Gasteiger partial charge in [-0.3, -0.25) is 9.59 Å². The largest absolute Gasteiger partial charge is 0.375 e. The average Bonchev–Trinajstić information content (AvgIpc) is 2.38. The van der Waals surface area contributed by atoms with Crippen molar-refractivity contribution in [3.05, 3.63) is 0 Å². The molecule has 2 saturated heterocycles. The molecule has 1 unspecified atom stereocenters. The van der Waals surface area contributed by atoms with Crippen LogP contribution in [0.5, 0.6) is 0 Å². The molecule has 8 heteroatoms. The van der Waals surface area contributed by atoms with Crippen molar-refractivity contribution in [1.82, 2.24) is 10.2 Å². The molecule has 3 atom stereocenters. The second-order valence-electron chi connectivity index (χ2n) is 4.55. The predicted octanol–water partition coefficient (Wildman–Crippen LogP) is -1.50. The number of amides is 2. The fourth-order valence-electron chi connectivity index (χ4n) is 2.23. The summed E-state index contributed by atoms with van der Waals surface area (Å²) in [4.78, 5) is 25.0. The number of hydrogen-bond acceptors (Lipinski definition) is 5. The number of hydrogen-bond donors (Lipinski definition) is 2. The summed E-state index contributed by atoms with van der Waals surface area (Å²) in [6.45, 7) is 4.16. The Morgan fingerprint density at radius 1 is 1.32 bits per heavy atom. The van der Waals surface area contributed by atoms with Crippen LogP contribution < -0.4 is 11.1 Å². The zero-order valence-corrected chi connectivity index (χ0v) is 11.6. The Labute approximate surface area is 118 Å². The summed E-state index contributed by atoms with van der Waals surface area (Å²) in [5.74, 6) is -0.592. The highest BCUT2D eigenvalue weighted by atomic mass is 35.5. The van der Waals surface area contributed by atoms with Crippen LogP contribution >= 0.6 is 12.4 Å². The van der Waals surface area contributed by atoms with E-state index >= 15 is 0 Å². The van der Waals surface area contributed by atoms with E-state index in [9.17, 15) is 9.59 Å². The van der Waals surface area contributed by atoms with Crippen molar-refractivity contribution in [3.8, 4) is 0 Å². The number of morpholine rings is 2. The van der Waals surface area contributed by atoms with Crippen LogP contribution in [0.3, 0.4) is 0 Å². The molecular formula is C11H20ClN3O4. The lowest BCUT2D eigenvalue weighted by molar-refractivity contribution is -0.150. The van der Waals surface area contributed by atoms with Crippen molar-refractivity contribution in [3.63, 3.8) is 0 Å². The first-order valence-corrected chi connectivity index (χ1v) is 6.14.